The van der Waals surface area contributed by atoms with Gasteiger partial charge in [-0.3, -0.25) is 4.90 Å². The summed E-state index contributed by atoms with van der Waals surface area (Å²) < 4.78 is 0. The minimum atomic E-state index is 0.729. The van der Waals surface area contributed by atoms with Crippen molar-refractivity contribution < 1.29 is 0 Å². The lowest BCUT2D eigenvalue weighted by Gasteiger charge is -2.36. The monoisotopic (exact) mass is 295 g/mol. The van der Waals surface area contributed by atoms with Crippen LogP contribution in [0.5, 0.6) is 0 Å². The van der Waals surface area contributed by atoms with Crippen LogP contribution < -0.4 is 10.2 Å². The van der Waals surface area contributed by atoms with E-state index in [1.807, 2.05) is 12.1 Å². The van der Waals surface area contributed by atoms with Gasteiger partial charge in [0.1, 0.15) is 0 Å². The summed E-state index contributed by atoms with van der Waals surface area (Å²) in [6.45, 7) is 12.2. The molecule has 0 unspecified atom stereocenters. The third kappa shape index (κ3) is 4.65. The van der Waals surface area contributed by atoms with Crippen molar-refractivity contribution in [3.05, 3.63) is 29.3 Å². The summed E-state index contributed by atoms with van der Waals surface area (Å²) in [5, 5.41) is 4.37. The van der Waals surface area contributed by atoms with Gasteiger partial charge in [0, 0.05) is 39.3 Å². The lowest BCUT2D eigenvalue weighted by Crippen LogP contribution is -2.48. The number of para-hydroxylation sites is 1. The highest BCUT2D eigenvalue weighted by atomic mass is 35.5. The largest absolute Gasteiger partial charge is 0.368 e. The van der Waals surface area contributed by atoms with Crippen LogP contribution in [-0.4, -0.2) is 50.7 Å². The number of anilines is 1. The molecular weight excluding hydrogens is 270 g/mol. The van der Waals surface area contributed by atoms with Crippen molar-refractivity contribution in [1.29, 1.82) is 0 Å². The molecule has 112 valence electrons. The van der Waals surface area contributed by atoms with Crippen LogP contribution in [0.1, 0.15) is 13.8 Å². The minimum absolute atomic E-state index is 0.729. The van der Waals surface area contributed by atoms with Crippen LogP contribution in [0.2, 0.25) is 5.02 Å². The number of benzene rings is 1. The number of piperazine rings is 1. The van der Waals surface area contributed by atoms with Crippen LogP contribution in [0.25, 0.3) is 0 Å². The van der Waals surface area contributed by atoms with Crippen LogP contribution in [0.4, 0.5) is 5.69 Å². The maximum absolute atomic E-state index is 6.26. The molecule has 1 aliphatic rings. The molecule has 0 atom stereocenters. The molecule has 1 heterocycles. The Morgan fingerprint density at radius 2 is 1.85 bits per heavy atom. The Labute approximate surface area is 127 Å². The number of nitrogens with one attached hydrogen (secondary N) is 1. The van der Waals surface area contributed by atoms with Gasteiger partial charge >= 0.3 is 0 Å². The molecule has 1 N–H and O–H groups in total. The lowest BCUT2D eigenvalue weighted by molar-refractivity contribution is 0.256. The normalized spacial score (nSPS) is 16.9. The van der Waals surface area contributed by atoms with E-state index in [-0.39, 0.29) is 0 Å². The highest BCUT2D eigenvalue weighted by molar-refractivity contribution is 6.33. The molecule has 0 radical (unpaired) electrons. The summed E-state index contributed by atoms with van der Waals surface area (Å²) in [4.78, 5) is 4.92. The highest BCUT2D eigenvalue weighted by Gasteiger charge is 2.18. The second-order valence-corrected chi connectivity index (χ2v) is 6.29. The summed E-state index contributed by atoms with van der Waals surface area (Å²) in [7, 11) is 0. The van der Waals surface area contributed by atoms with Gasteiger partial charge in [-0.15, -0.1) is 0 Å². The van der Waals surface area contributed by atoms with Gasteiger partial charge in [0.05, 0.1) is 10.7 Å². The van der Waals surface area contributed by atoms with E-state index in [9.17, 15) is 0 Å². The van der Waals surface area contributed by atoms with E-state index in [1.165, 1.54) is 5.69 Å². The van der Waals surface area contributed by atoms with E-state index in [2.05, 4.69) is 41.1 Å². The highest BCUT2D eigenvalue weighted by Crippen LogP contribution is 2.25. The van der Waals surface area contributed by atoms with E-state index in [0.717, 1.165) is 56.8 Å². The third-order valence-corrected chi connectivity index (χ3v) is 4.04. The van der Waals surface area contributed by atoms with Crippen molar-refractivity contribution in [3.8, 4) is 0 Å². The summed E-state index contributed by atoms with van der Waals surface area (Å²) >= 11 is 6.26. The Hall–Kier alpha value is -0.770. The number of hydrogen-bond donors (Lipinski definition) is 1. The van der Waals surface area contributed by atoms with Gasteiger partial charge in [0.25, 0.3) is 0 Å². The molecule has 1 fully saturated rings. The maximum Gasteiger partial charge on any atom is 0.0639 e. The fraction of sp³-hybridized carbons (Fsp3) is 0.625. The van der Waals surface area contributed by atoms with Gasteiger partial charge in [0.15, 0.2) is 0 Å². The molecule has 0 spiro atoms. The van der Waals surface area contributed by atoms with E-state index in [1.54, 1.807) is 0 Å². The van der Waals surface area contributed by atoms with Crippen LogP contribution in [0.3, 0.4) is 0 Å². The zero-order valence-corrected chi connectivity index (χ0v) is 13.4. The number of rotatable bonds is 6. The second-order valence-electron chi connectivity index (χ2n) is 5.88. The molecule has 0 bridgehead atoms. The summed E-state index contributed by atoms with van der Waals surface area (Å²) in [5.41, 5.74) is 1.17. The lowest BCUT2D eigenvalue weighted by atomic mass is 10.2. The molecular formula is C16H26ClN3. The first-order valence-electron chi connectivity index (χ1n) is 7.59. The summed E-state index contributed by atoms with van der Waals surface area (Å²) in [6, 6.07) is 8.13. The minimum Gasteiger partial charge on any atom is -0.368 e. The predicted molar refractivity (Wildman–Crippen MR) is 87.8 cm³/mol. The van der Waals surface area contributed by atoms with Crippen LogP contribution >= 0.6 is 11.6 Å². The Kier molecular flexibility index (Phi) is 6.14. The van der Waals surface area contributed by atoms with Crippen molar-refractivity contribution in [1.82, 2.24) is 10.2 Å². The Morgan fingerprint density at radius 3 is 2.50 bits per heavy atom. The number of halogens is 1. The molecule has 2 rings (SSSR count). The van der Waals surface area contributed by atoms with Gasteiger partial charge in [-0.05, 0) is 24.6 Å². The fourth-order valence-electron chi connectivity index (χ4n) is 2.55. The molecule has 4 heteroatoms. The summed E-state index contributed by atoms with van der Waals surface area (Å²) in [6.07, 6.45) is 0. The molecule has 1 aromatic carbocycles. The number of hydrogen-bond acceptors (Lipinski definition) is 3. The van der Waals surface area contributed by atoms with E-state index in [0.29, 0.717) is 0 Å². The fourth-order valence-corrected chi connectivity index (χ4v) is 2.80. The number of nitrogens with zero attached hydrogens (tertiary/aromatic N) is 2. The van der Waals surface area contributed by atoms with E-state index in [4.69, 9.17) is 11.6 Å². The molecule has 1 saturated heterocycles. The molecule has 1 aliphatic heterocycles. The topological polar surface area (TPSA) is 18.5 Å². The van der Waals surface area contributed by atoms with Crippen LogP contribution in [0, 0.1) is 5.92 Å². The van der Waals surface area contributed by atoms with Gasteiger partial charge in [0.2, 0.25) is 0 Å². The van der Waals surface area contributed by atoms with E-state index < -0.39 is 0 Å². The van der Waals surface area contributed by atoms with Crippen molar-refractivity contribution in [3.63, 3.8) is 0 Å². The van der Waals surface area contributed by atoms with Crippen molar-refractivity contribution in [2.24, 2.45) is 5.92 Å². The standard InChI is InChI=1S/C16H26ClN3/c1-14(2)13-18-7-8-19-9-11-20(12-10-19)16-6-4-3-5-15(16)17/h3-6,14,18H,7-13H2,1-2H3. The molecule has 3 nitrogen and oxygen atoms in total. The van der Waals surface area contributed by atoms with Crippen LogP contribution in [-0.2, 0) is 0 Å². The molecule has 0 saturated carbocycles. The van der Waals surface area contributed by atoms with Crippen molar-refractivity contribution in [2.75, 3.05) is 50.7 Å². The van der Waals surface area contributed by atoms with Gasteiger partial charge in [-0.25, -0.2) is 0 Å². The molecule has 1 aromatic rings. The van der Waals surface area contributed by atoms with Crippen molar-refractivity contribution in [2.45, 2.75) is 13.8 Å². The zero-order chi connectivity index (χ0) is 14.4. The maximum atomic E-state index is 6.26. The average Bonchev–Trinajstić information content (AvgIpc) is 2.45. The third-order valence-electron chi connectivity index (χ3n) is 3.72. The first-order valence-corrected chi connectivity index (χ1v) is 7.97. The zero-order valence-electron chi connectivity index (χ0n) is 12.6. The predicted octanol–water partition coefficient (Wildman–Crippen LogP) is 2.71. The average molecular weight is 296 g/mol. The Balaban J connectivity index is 1.71. The first-order chi connectivity index (χ1) is 9.66. The second kappa shape index (κ2) is 7.87. The summed E-state index contributed by atoms with van der Waals surface area (Å²) in [5.74, 6) is 0.729. The first kappa shape index (κ1) is 15.6. The SMILES string of the molecule is CC(C)CNCCN1CCN(c2ccccc2Cl)CC1. The molecule has 0 aliphatic carbocycles. The van der Waals surface area contributed by atoms with Gasteiger partial charge in [-0.1, -0.05) is 37.6 Å². The van der Waals surface area contributed by atoms with Gasteiger partial charge in [-0.2, -0.15) is 0 Å². The molecule has 20 heavy (non-hydrogen) atoms. The van der Waals surface area contributed by atoms with Crippen molar-refractivity contribution >= 4 is 17.3 Å². The quantitative estimate of drug-likeness (QED) is 0.814. The van der Waals surface area contributed by atoms with Gasteiger partial charge < -0.3 is 10.2 Å². The smallest absolute Gasteiger partial charge is 0.0639 e. The van der Waals surface area contributed by atoms with Crippen LogP contribution in [0.15, 0.2) is 24.3 Å². The Morgan fingerprint density at radius 1 is 1.15 bits per heavy atom. The molecule has 0 amide bonds. The van der Waals surface area contributed by atoms with E-state index >= 15 is 0 Å². The molecule has 0 aromatic heterocycles. The Bertz CT molecular complexity index is 400.